The molecule has 0 saturated carbocycles. The Balaban J connectivity index is 3.11. The van der Waals surface area contributed by atoms with Gasteiger partial charge in [-0.3, -0.25) is 4.79 Å². The summed E-state index contributed by atoms with van der Waals surface area (Å²) in [5.41, 5.74) is 0. The van der Waals surface area contributed by atoms with Crippen LogP contribution in [0.3, 0.4) is 0 Å². The molecule has 0 radical (unpaired) electrons. The highest BCUT2D eigenvalue weighted by atomic mass is 79.9. The van der Waals surface area contributed by atoms with E-state index >= 15 is 0 Å². The lowest BCUT2D eigenvalue weighted by molar-refractivity contribution is -0.143. The molecule has 0 aliphatic heterocycles. The standard InChI is InChI=1S/C18H31BrO2/c1-2-3-4-5-6-7-8-9-10-14-17-21-18(20)15-12-11-13-16-19/h1H,3-17H2. The fourth-order valence-electron chi connectivity index (χ4n) is 2.19. The van der Waals surface area contributed by atoms with E-state index in [1.165, 1.54) is 44.9 Å². The number of rotatable bonds is 15. The van der Waals surface area contributed by atoms with Crippen LogP contribution < -0.4 is 0 Å². The Hall–Kier alpha value is -0.490. The molecule has 0 aromatic carbocycles. The lowest BCUT2D eigenvalue weighted by atomic mass is 10.1. The molecule has 0 rings (SSSR count). The van der Waals surface area contributed by atoms with Crippen LogP contribution in [0.1, 0.15) is 83.5 Å². The number of unbranched alkanes of at least 4 members (excludes halogenated alkanes) is 10. The number of halogens is 1. The first-order valence-corrected chi connectivity index (χ1v) is 9.58. The molecule has 0 aliphatic carbocycles. The molecule has 122 valence electrons. The molecule has 0 N–H and O–H groups in total. The minimum atomic E-state index is -0.0296. The summed E-state index contributed by atoms with van der Waals surface area (Å²) in [4.78, 5) is 11.4. The van der Waals surface area contributed by atoms with Gasteiger partial charge in [-0.2, -0.15) is 0 Å². The molecule has 0 unspecified atom stereocenters. The van der Waals surface area contributed by atoms with Crippen molar-refractivity contribution in [3.63, 3.8) is 0 Å². The molecule has 0 spiro atoms. The molecule has 3 heteroatoms. The van der Waals surface area contributed by atoms with Crippen molar-refractivity contribution in [1.82, 2.24) is 0 Å². The van der Waals surface area contributed by atoms with E-state index in [-0.39, 0.29) is 5.97 Å². The minimum absolute atomic E-state index is 0.0296. The molecule has 21 heavy (non-hydrogen) atoms. The molecular formula is C18H31BrO2. The van der Waals surface area contributed by atoms with E-state index in [2.05, 4.69) is 21.9 Å². The molecule has 0 fully saturated rings. The van der Waals surface area contributed by atoms with Crippen LogP contribution in [-0.2, 0) is 9.53 Å². The Kier molecular flexibility index (Phi) is 17.2. The van der Waals surface area contributed by atoms with Gasteiger partial charge in [-0.05, 0) is 25.7 Å². The predicted octanol–water partition coefficient (Wildman–Crippen LogP) is 5.63. The van der Waals surface area contributed by atoms with Gasteiger partial charge in [-0.25, -0.2) is 0 Å². The van der Waals surface area contributed by atoms with Crippen molar-refractivity contribution in [3.05, 3.63) is 0 Å². The summed E-state index contributed by atoms with van der Waals surface area (Å²) < 4.78 is 5.22. The number of hydrogen-bond donors (Lipinski definition) is 0. The Morgan fingerprint density at radius 3 is 2.05 bits per heavy atom. The molecule has 0 atom stereocenters. The molecule has 0 aliphatic rings. The summed E-state index contributed by atoms with van der Waals surface area (Å²) in [5, 5.41) is 1.02. The smallest absolute Gasteiger partial charge is 0.305 e. The molecular weight excluding hydrogens is 328 g/mol. The zero-order chi connectivity index (χ0) is 15.6. The van der Waals surface area contributed by atoms with Gasteiger partial charge in [0, 0.05) is 18.2 Å². The summed E-state index contributed by atoms with van der Waals surface area (Å²) in [7, 11) is 0. The van der Waals surface area contributed by atoms with Crippen molar-refractivity contribution in [2.75, 3.05) is 11.9 Å². The zero-order valence-electron chi connectivity index (χ0n) is 13.4. The van der Waals surface area contributed by atoms with Gasteiger partial charge < -0.3 is 4.74 Å². The highest BCUT2D eigenvalue weighted by Gasteiger charge is 2.02. The maximum atomic E-state index is 11.4. The first-order chi connectivity index (χ1) is 10.3. The van der Waals surface area contributed by atoms with Crippen LogP contribution in [0.5, 0.6) is 0 Å². The van der Waals surface area contributed by atoms with E-state index < -0.39 is 0 Å². The number of carbonyl (C=O) groups is 1. The van der Waals surface area contributed by atoms with Crippen LogP contribution in [0, 0.1) is 12.3 Å². The van der Waals surface area contributed by atoms with Crippen molar-refractivity contribution in [2.24, 2.45) is 0 Å². The quantitative estimate of drug-likeness (QED) is 0.164. The van der Waals surface area contributed by atoms with Crippen molar-refractivity contribution in [1.29, 1.82) is 0 Å². The second-order valence-corrected chi connectivity index (χ2v) is 6.30. The number of esters is 1. The summed E-state index contributed by atoms with van der Waals surface area (Å²) >= 11 is 3.39. The van der Waals surface area contributed by atoms with Crippen LogP contribution in [0.2, 0.25) is 0 Å². The second-order valence-electron chi connectivity index (χ2n) is 5.50. The van der Waals surface area contributed by atoms with Crippen molar-refractivity contribution in [2.45, 2.75) is 83.5 Å². The molecule has 0 saturated heterocycles. The lowest BCUT2D eigenvalue weighted by Gasteiger charge is -2.05. The normalized spacial score (nSPS) is 10.3. The fourth-order valence-corrected chi connectivity index (χ4v) is 2.59. The van der Waals surface area contributed by atoms with Crippen LogP contribution >= 0.6 is 15.9 Å². The van der Waals surface area contributed by atoms with E-state index in [4.69, 9.17) is 11.2 Å². The average Bonchev–Trinajstić information content (AvgIpc) is 2.49. The number of alkyl halides is 1. The molecule has 0 aromatic rings. The van der Waals surface area contributed by atoms with Gasteiger partial charge >= 0.3 is 5.97 Å². The molecule has 0 aromatic heterocycles. The first kappa shape index (κ1) is 20.5. The monoisotopic (exact) mass is 358 g/mol. The van der Waals surface area contributed by atoms with Crippen molar-refractivity contribution < 1.29 is 9.53 Å². The summed E-state index contributed by atoms with van der Waals surface area (Å²) in [6.45, 7) is 0.597. The van der Waals surface area contributed by atoms with E-state index in [0.717, 1.165) is 37.4 Å². The SMILES string of the molecule is C#CCCCCCCCCCCOC(=O)CCCCCBr. The summed E-state index contributed by atoms with van der Waals surface area (Å²) in [5.74, 6) is 2.65. The van der Waals surface area contributed by atoms with E-state index in [0.29, 0.717) is 13.0 Å². The van der Waals surface area contributed by atoms with Gasteiger partial charge in [0.25, 0.3) is 0 Å². The topological polar surface area (TPSA) is 26.3 Å². The summed E-state index contributed by atoms with van der Waals surface area (Å²) in [6, 6.07) is 0. The van der Waals surface area contributed by atoms with Crippen LogP contribution in [0.25, 0.3) is 0 Å². The predicted molar refractivity (Wildman–Crippen MR) is 93.6 cm³/mol. The first-order valence-electron chi connectivity index (χ1n) is 8.46. The van der Waals surface area contributed by atoms with Crippen LogP contribution in [-0.4, -0.2) is 17.9 Å². The van der Waals surface area contributed by atoms with Crippen LogP contribution in [0.4, 0.5) is 0 Å². The van der Waals surface area contributed by atoms with Crippen LogP contribution in [0.15, 0.2) is 0 Å². The Labute approximate surface area is 139 Å². The second kappa shape index (κ2) is 17.6. The maximum Gasteiger partial charge on any atom is 0.305 e. The fraction of sp³-hybridized carbons (Fsp3) is 0.833. The third kappa shape index (κ3) is 17.5. The molecule has 0 heterocycles. The average molecular weight is 359 g/mol. The number of hydrogen-bond acceptors (Lipinski definition) is 2. The Morgan fingerprint density at radius 1 is 0.857 bits per heavy atom. The largest absolute Gasteiger partial charge is 0.466 e. The Bertz CT molecular complexity index is 271. The van der Waals surface area contributed by atoms with E-state index in [9.17, 15) is 4.79 Å². The third-order valence-electron chi connectivity index (χ3n) is 3.49. The Morgan fingerprint density at radius 2 is 1.43 bits per heavy atom. The number of terminal acetylenes is 1. The van der Waals surface area contributed by atoms with Crippen molar-refractivity contribution >= 4 is 21.9 Å². The number of ether oxygens (including phenoxy) is 1. The lowest BCUT2D eigenvalue weighted by Crippen LogP contribution is -2.05. The third-order valence-corrected chi connectivity index (χ3v) is 4.05. The molecule has 0 amide bonds. The van der Waals surface area contributed by atoms with Gasteiger partial charge in [0.1, 0.15) is 0 Å². The zero-order valence-corrected chi connectivity index (χ0v) is 15.0. The van der Waals surface area contributed by atoms with Gasteiger partial charge in [-0.1, -0.05) is 60.9 Å². The maximum absolute atomic E-state index is 11.4. The summed E-state index contributed by atoms with van der Waals surface area (Å²) in [6.07, 6.45) is 19.6. The van der Waals surface area contributed by atoms with Gasteiger partial charge in [0.05, 0.1) is 6.61 Å². The highest BCUT2D eigenvalue weighted by molar-refractivity contribution is 9.09. The van der Waals surface area contributed by atoms with E-state index in [1.54, 1.807) is 0 Å². The van der Waals surface area contributed by atoms with Crippen molar-refractivity contribution in [3.8, 4) is 12.3 Å². The molecule has 0 bridgehead atoms. The van der Waals surface area contributed by atoms with Gasteiger partial charge in [0.15, 0.2) is 0 Å². The number of carbonyl (C=O) groups excluding carboxylic acids is 1. The molecule has 2 nitrogen and oxygen atoms in total. The van der Waals surface area contributed by atoms with Gasteiger partial charge in [-0.15, -0.1) is 12.3 Å². The highest BCUT2D eigenvalue weighted by Crippen LogP contribution is 2.10. The minimum Gasteiger partial charge on any atom is -0.466 e. The van der Waals surface area contributed by atoms with Gasteiger partial charge in [0.2, 0.25) is 0 Å². The van der Waals surface area contributed by atoms with E-state index in [1.807, 2.05) is 0 Å².